The number of nitrogens with zero attached hydrogens (tertiary/aromatic N) is 3. The van der Waals surface area contributed by atoms with Crippen molar-refractivity contribution in [1.82, 2.24) is 15.0 Å². The molecule has 2 aromatic carbocycles. The Morgan fingerprint density at radius 2 is 1.93 bits per heavy atom. The molecule has 0 atom stereocenters. The number of hydrogen-bond donors (Lipinski definition) is 1. The summed E-state index contributed by atoms with van der Waals surface area (Å²) in [4.78, 5) is 13.1. The van der Waals surface area contributed by atoms with E-state index in [1.807, 2.05) is 48.5 Å². The molecular weight excluding hydrogens is 364 g/mol. The number of carbonyl (C=O) groups is 1. The fourth-order valence-corrected chi connectivity index (χ4v) is 3.39. The molecule has 0 bridgehead atoms. The SMILES string of the molecule is CCOC(=O)c1nnn(Cc2ccc(OC)cc2)c1Sc1ccccc1N. The van der Waals surface area contributed by atoms with Crippen molar-refractivity contribution in [3.05, 3.63) is 59.8 Å². The summed E-state index contributed by atoms with van der Waals surface area (Å²) < 4.78 is 12.0. The van der Waals surface area contributed by atoms with E-state index in [9.17, 15) is 4.79 Å². The van der Waals surface area contributed by atoms with Gasteiger partial charge in [0.2, 0.25) is 5.69 Å². The quantitative estimate of drug-likeness (QED) is 0.494. The number of esters is 1. The van der Waals surface area contributed by atoms with Gasteiger partial charge >= 0.3 is 5.97 Å². The first-order valence-electron chi connectivity index (χ1n) is 8.38. The van der Waals surface area contributed by atoms with Gasteiger partial charge < -0.3 is 15.2 Å². The average molecular weight is 384 g/mol. The van der Waals surface area contributed by atoms with Gasteiger partial charge in [-0.15, -0.1) is 5.10 Å². The van der Waals surface area contributed by atoms with Crippen molar-refractivity contribution in [1.29, 1.82) is 0 Å². The fraction of sp³-hybridized carbons (Fsp3) is 0.211. The normalized spacial score (nSPS) is 10.6. The summed E-state index contributed by atoms with van der Waals surface area (Å²) in [7, 11) is 1.62. The van der Waals surface area contributed by atoms with Gasteiger partial charge in [0.15, 0.2) is 0 Å². The first-order chi connectivity index (χ1) is 13.1. The molecule has 3 rings (SSSR count). The number of aromatic nitrogens is 3. The second kappa shape index (κ2) is 8.59. The van der Waals surface area contributed by atoms with E-state index in [2.05, 4.69) is 10.3 Å². The van der Waals surface area contributed by atoms with Gasteiger partial charge in [0.1, 0.15) is 10.8 Å². The largest absolute Gasteiger partial charge is 0.497 e. The van der Waals surface area contributed by atoms with Crippen molar-refractivity contribution in [2.24, 2.45) is 0 Å². The van der Waals surface area contributed by atoms with Crippen LogP contribution < -0.4 is 10.5 Å². The highest BCUT2D eigenvalue weighted by atomic mass is 32.2. The summed E-state index contributed by atoms with van der Waals surface area (Å²) in [5.74, 6) is 0.270. The van der Waals surface area contributed by atoms with E-state index >= 15 is 0 Å². The van der Waals surface area contributed by atoms with Gasteiger partial charge in [-0.2, -0.15) is 0 Å². The second-order valence-corrected chi connectivity index (χ2v) is 6.64. The third kappa shape index (κ3) is 4.40. The van der Waals surface area contributed by atoms with Crippen LogP contribution in [0.25, 0.3) is 0 Å². The van der Waals surface area contributed by atoms with Crippen LogP contribution in [0.4, 0.5) is 5.69 Å². The number of ether oxygens (including phenoxy) is 2. The topological polar surface area (TPSA) is 92.3 Å². The Bertz CT molecular complexity index is 925. The number of methoxy groups -OCH3 is 1. The Morgan fingerprint density at radius 1 is 1.19 bits per heavy atom. The van der Waals surface area contributed by atoms with Crippen molar-refractivity contribution >= 4 is 23.4 Å². The van der Waals surface area contributed by atoms with Crippen LogP contribution in [-0.2, 0) is 11.3 Å². The van der Waals surface area contributed by atoms with Gasteiger partial charge in [-0.05, 0) is 36.8 Å². The third-order valence-corrected chi connectivity index (χ3v) is 4.96. The third-order valence-electron chi connectivity index (χ3n) is 3.78. The molecule has 1 aromatic heterocycles. The Balaban J connectivity index is 1.94. The lowest BCUT2D eigenvalue weighted by Gasteiger charge is -2.10. The van der Waals surface area contributed by atoms with Crippen molar-refractivity contribution in [2.45, 2.75) is 23.4 Å². The molecule has 7 nitrogen and oxygen atoms in total. The van der Waals surface area contributed by atoms with Crippen molar-refractivity contribution in [3.63, 3.8) is 0 Å². The highest BCUT2D eigenvalue weighted by Gasteiger charge is 2.22. The number of nitrogen functional groups attached to an aromatic ring is 1. The lowest BCUT2D eigenvalue weighted by Crippen LogP contribution is -2.08. The Hall–Kier alpha value is -3.00. The van der Waals surface area contributed by atoms with Crippen LogP contribution in [0.1, 0.15) is 23.0 Å². The van der Waals surface area contributed by atoms with E-state index in [1.54, 1.807) is 18.7 Å². The molecule has 0 unspecified atom stereocenters. The average Bonchev–Trinajstić information content (AvgIpc) is 3.07. The Labute approximate surface area is 161 Å². The molecule has 0 spiro atoms. The minimum atomic E-state index is -0.504. The van der Waals surface area contributed by atoms with Gasteiger partial charge in [0, 0.05) is 10.6 Å². The number of carbonyl (C=O) groups excluding carboxylic acids is 1. The molecular formula is C19H20N4O3S. The standard InChI is InChI=1S/C19H20N4O3S/c1-3-26-19(24)17-18(27-16-7-5-4-6-15(16)20)23(22-21-17)12-13-8-10-14(25-2)11-9-13/h4-11H,3,12,20H2,1-2H3. The molecule has 0 saturated heterocycles. The monoisotopic (exact) mass is 384 g/mol. The van der Waals surface area contributed by atoms with E-state index in [4.69, 9.17) is 15.2 Å². The molecule has 0 aliphatic heterocycles. The minimum absolute atomic E-state index is 0.179. The van der Waals surface area contributed by atoms with Gasteiger partial charge in [-0.25, -0.2) is 9.48 Å². The molecule has 1 heterocycles. The molecule has 0 radical (unpaired) electrons. The number of benzene rings is 2. The van der Waals surface area contributed by atoms with E-state index in [1.165, 1.54) is 11.8 Å². The smallest absolute Gasteiger partial charge is 0.361 e. The lowest BCUT2D eigenvalue weighted by atomic mass is 10.2. The summed E-state index contributed by atoms with van der Waals surface area (Å²) in [6, 6.07) is 15.1. The predicted molar refractivity (Wildman–Crippen MR) is 103 cm³/mol. The van der Waals surface area contributed by atoms with Gasteiger partial charge in [0.05, 0.1) is 20.3 Å². The van der Waals surface area contributed by atoms with E-state index in [0.29, 0.717) is 17.3 Å². The zero-order valence-corrected chi connectivity index (χ0v) is 15.9. The zero-order chi connectivity index (χ0) is 19.2. The molecule has 0 aliphatic rings. The molecule has 0 amide bonds. The van der Waals surface area contributed by atoms with E-state index in [-0.39, 0.29) is 12.3 Å². The molecule has 0 saturated carbocycles. The van der Waals surface area contributed by atoms with Crippen LogP contribution >= 0.6 is 11.8 Å². The number of anilines is 1. The summed E-state index contributed by atoms with van der Waals surface area (Å²) in [5.41, 5.74) is 7.85. The molecule has 140 valence electrons. The lowest BCUT2D eigenvalue weighted by molar-refractivity contribution is 0.0515. The summed E-state index contributed by atoms with van der Waals surface area (Å²) in [6.07, 6.45) is 0. The van der Waals surface area contributed by atoms with Crippen molar-refractivity contribution in [3.8, 4) is 5.75 Å². The molecule has 2 N–H and O–H groups in total. The van der Waals surface area contributed by atoms with E-state index < -0.39 is 5.97 Å². The highest BCUT2D eigenvalue weighted by molar-refractivity contribution is 7.99. The summed E-state index contributed by atoms with van der Waals surface area (Å²) in [5, 5.41) is 8.78. The number of para-hydroxylation sites is 1. The van der Waals surface area contributed by atoms with Gasteiger partial charge in [0.25, 0.3) is 0 Å². The van der Waals surface area contributed by atoms with E-state index in [0.717, 1.165) is 16.2 Å². The van der Waals surface area contributed by atoms with Crippen LogP contribution in [0.3, 0.4) is 0 Å². The Morgan fingerprint density at radius 3 is 2.59 bits per heavy atom. The Kier molecular flexibility index (Phi) is 5.97. The maximum Gasteiger partial charge on any atom is 0.361 e. The number of hydrogen-bond acceptors (Lipinski definition) is 7. The first kappa shape index (κ1) is 18.8. The van der Waals surface area contributed by atoms with Crippen LogP contribution in [0.2, 0.25) is 0 Å². The highest BCUT2D eigenvalue weighted by Crippen LogP contribution is 2.34. The number of nitrogens with two attached hydrogens (primary N) is 1. The van der Waals surface area contributed by atoms with Crippen LogP contribution in [0.15, 0.2) is 58.5 Å². The molecule has 8 heteroatoms. The predicted octanol–water partition coefficient (Wildman–Crippen LogP) is 3.25. The summed E-state index contributed by atoms with van der Waals surface area (Å²) >= 11 is 1.34. The molecule has 0 aliphatic carbocycles. The van der Waals surface area contributed by atoms with Gasteiger partial charge in [-0.3, -0.25) is 0 Å². The molecule has 27 heavy (non-hydrogen) atoms. The zero-order valence-electron chi connectivity index (χ0n) is 15.1. The van der Waals surface area contributed by atoms with Crippen molar-refractivity contribution < 1.29 is 14.3 Å². The fourth-order valence-electron chi connectivity index (χ4n) is 2.42. The maximum atomic E-state index is 12.3. The second-order valence-electron chi connectivity index (χ2n) is 5.61. The van der Waals surface area contributed by atoms with Crippen LogP contribution in [-0.4, -0.2) is 34.7 Å². The molecule has 3 aromatic rings. The first-order valence-corrected chi connectivity index (χ1v) is 9.20. The van der Waals surface area contributed by atoms with Crippen LogP contribution in [0.5, 0.6) is 5.75 Å². The van der Waals surface area contributed by atoms with Crippen LogP contribution in [0, 0.1) is 0 Å². The number of rotatable bonds is 7. The molecule has 0 fully saturated rings. The summed E-state index contributed by atoms with van der Waals surface area (Å²) in [6.45, 7) is 2.47. The van der Waals surface area contributed by atoms with Gasteiger partial charge in [-0.1, -0.05) is 41.2 Å². The van der Waals surface area contributed by atoms with Crippen molar-refractivity contribution in [2.75, 3.05) is 19.5 Å². The minimum Gasteiger partial charge on any atom is -0.497 e. The maximum absolute atomic E-state index is 12.3.